The Labute approximate surface area is 98.7 Å². The van der Waals surface area contributed by atoms with Crippen LogP contribution in [0, 0.1) is 5.82 Å². The van der Waals surface area contributed by atoms with Gasteiger partial charge < -0.3 is 10.6 Å². The molecule has 0 radical (unpaired) electrons. The Morgan fingerprint density at radius 2 is 2.38 bits per heavy atom. The molecule has 0 saturated carbocycles. The molecule has 1 aliphatic heterocycles. The first kappa shape index (κ1) is 11.2. The second kappa shape index (κ2) is 4.29. The van der Waals surface area contributed by atoms with Crippen LogP contribution in [0.4, 0.5) is 4.39 Å². The molecule has 1 atom stereocenters. The molecule has 1 aromatic carbocycles. The number of hydrogen-bond donors (Lipinski definition) is 1. The number of halogens is 2. The minimum atomic E-state index is -0.402. The molecule has 2 N–H and O–H groups in total. The summed E-state index contributed by atoms with van der Waals surface area (Å²) in [7, 11) is 0. The zero-order chi connectivity index (χ0) is 11.7. The summed E-state index contributed by atoms with van der Waals surface area (Å²) in [5, 5.41) is 0.138. The molecule has 1 aromatic rings. The number of likely N-dealkylation sites (N-methyl/N-ethyl adjacent to an activating group) is 1. The molecular weight excluding hydrogens is 229 g/mol. The van der Waals surface area contributed by atoms with Crippen LogP contribution < -0.4 is 5.73 Å². The fourth-order valence-corrected chi connectivity index (χ4v) is 2.03. The highest BCUT2D eigenvalue weighted by Crippen LogP contribution is 2.27. The zero-order valence-electron chi connectivity index (χ0n) is 8.95. The first-order valence-electron chi connectivity index (χ1n) is 5.15. The van der Waals surface area contributed by atoms with E-state index in [9.17, 15) is 4.39 Å². The summed E-state index contributed by atoms with van der Waals surface area (Å²) < 4.78 is 13.3. The van der Waals surface area contributed by atoms with E-state index >= 15 is 0 Å². The van der Waals surface area contributed by atoms with Crippen molar-refractivity contribution in [2.24, 2.45) is 10.7 Å². The smallest absolute Gasteiger partial charge is 0.191 e. The van der Waals surface area contributed by atoms with Gasteiger partial charge in [-0.3, -0.25) is 4.99 Å². The third-order valence-electron chi connectivity index (χ3n) is 2.77. The quantitative estimate of drug-likeness (QED) is 0.862. The number of hydrogen-bond acceptors (Lipinski definition) is 3. The van der Waals surface area contributed by atoms with Crippen molar-refractivity contribution < 1.29 is 4.39 Å². The van der Waals surface area contributed by atoms with Crippen molar-refractivity contribution in [2.45, 2.75) is 13.0 Å². The van der Waals surface area contributed by atoms with Gasteiger partial charge in [-0.15, -0.1) is 0 Å². The van der Waals surface area contributed by atoms with Gasteiger partial charge in [0.25, 0.3) is 0 Å². The van der Waals surface area contributed by atoms with E-state index < -0.39 is 5.82 Å². The first-order valence-corrected chi connectivity index (χ1v) is 5.52. The van der Waals surface area contributed by atoms with E-state index in [0.29, 0.717) is 12.5 Å². The standard InChI is InChI=1S/C11H13ClFN3/c1-2-16-10(6-15-11(16)14)7-3-4-8(12)9(13)5-7/h3-5,10H,2,6H2,1H3,(H2,14,15). The maximum Gasteiger partial charge on any atom is 0.191 e. The van der Waals surface area contributed by atoms with Gasteiger partial charge in [0.2, 0.25) is 0 Å². The fraction of sp³-hybridized carbons (Fsp3) is 0.364. The van der Waals surface area contributed by atoms with Gasteiger partial charge in [0.05, 0.1) is 17.6 Å². The van der Waals surface area contributed by atoms with Crippen molar-refractivity contribution in [1.29, 1.82) is 0 Å². The maximum absolute atomic E-state index is 13.3. The molecule has 86 valence electrons. The molecule has 0 fully saturated rings. The SMILES string of the molecule is CCN1C(N)=NCC1c1ccc(Cl)c(F)c1. The number of nitrogens with two attached hydrogens (primary N) is 1. The van der Waals surface area contributed by atoms with E-state index in [4.69, 9.17) is 17.3 Å². The van der Waals surface area contributed by atoms with E-state index in [2.05, 4.69) is 4.99 Å². The molecule has 0 aliphatic carbocycles. The van der Waals surface area contributed by atoms with Crippen LogP contribution in [0.3, 0.4) is 0 Å². The lowest BCUT2D eigenvalue weighted by Gasteiger charge is -2.25. The fourth-order valence-electron chi connectivity index (χ4n) is 1.92. The van der Waals surface area contributed by atoms with Crippen molar-refractivity contribution in [3.05, 3.63) is 34.6 Å². The maximum atomic E-state index is 13.3. The highest BCUT2D eigenvalue weighted by Gasteiger charge is 2.26. The summed E-state index contributed by atoms with van der Waals surface area (Å²) in [4.78, 5) is 6.11. The monoisotopic (exact) mass is 241 g/mol. The van der Waals surface area contributed by atoms with Crippen LogP contribution in [0.1, 0.15) is 18.5 Å². The van der Waals surface area contributed by atoms with Gasteiger partial charge in [0.15, 0.2) is 5.96 Å². The van der Waals surface area contributed by atoms with E-state index in [1.165, 1.54) is 6.07 Å². The minimum Gasteiger partial charge on any atom is -0.370 e. The zero-order valence-corrected chi connectivity index (χ0v) is 9.71. The third-order valence-corrected chi connectivity index (χ3v) is 3.07. The highest BCUT2D eigenvalue weighted by atomic mass is 35.5. The predicted molar refractivity (Wildman–Crippen MR) is 63.0 cm³/mol. The molecule has 0 saturated heterocycles. The summed E-state index contributed by atoms with van der Waals surface area (Å²) in [5.41, 5.74) is 6.60. The Bertz CT molecular complexity index is 433. The van der Waals surface area contributed by atoms with Crippen LogP contribution in [0.15, 0.2) is 23.2 Å². The van der Waals surface area contributed by atoms with Crippen LogP contribution in [0.5, 0.6) is 0 Å². The van der Waals surface area contributed by atoms with E-state index in [-0.39, 0.29) is 11.1 Å². The third kappa shape index (κ3) is 1.85. The van der Waals surface area contributed by atoms with Gasteiger partial charge >= 0.3 is 0 Å². The Morgan fingerprint density at radius 1 is 1.62 bits per heavy atom. The van der Waals surface area contributed by atoms with Gasteiger partial charge in [-0.2, -0.15) is 0 Å². The highest BCUT2D eigenvalue weighted by molar-refractivity contribution is 6.30. The Hall–Kier alpha value is -1.29. The lowest BCUT2D eigenvalue weighted by Crippen LogP contribution is -2.35. The summed E-state index contributed by atoms with van der Waals surface area (Å²) in [6, 6.07) is 4.85. The normalized spacial score (nSPS) is 20.1. The van der Waals surface area contributed by atoms with Crippen LogP contribution >= 0.6 is 11.6 Å². The molecule has 0 amide bonds. The molecule has 1 aliphatic rings. The molecule has 16 heavy (non-hydrogen) atoms. The Morgan fingerprint density at radius 3 is 3.00 bits per heavy atom. The van der Waals surface area contributed by atoms with Gasteiger partial charge in [0, 0.05) is 6.54 Å². The van der Waals surface area contributed by atoms with Crippen molar-refractivity contribution in [2.75, 3.05) is 13.1 Å². The molecule has 1 unspecified atom stereocenters. The number of rotatable bonds is 2. The first-order chi connectivity index (χ1) is 7.63. The number of nitrogens with zero attached hydrogens (tertiary/aromatic N) is 2. The van der Waals surface area contributed by atoms with Gasteiger partial charge in [-0.05, 0) is 24.6 Å². The molecule has 0 spiro atoms. The summed E-state index contributed by atoms with van der Waals surface area (Å²) in [6.45, 7) is 3.32. The van der Waals surface area contributed by atoms with Crippen LogP contribution in [0.2, 0.25) is 5.02 Å². The van der Waals surface area contributed by atoms with E-state index in [1.807, 2.05) is 17.9 Å². The molecular formula is C11H13ClFN3. The Kier molecular flexibility index (Phi) is 3.01. The number of benzene rings is 1. The van der Waals surface area contributed by atoms with E-state index in [0.717, 1.165) is 12.1 Å². The Balaban J connectivity index is 2.28. The molecule has 0 aromatic heterocycles. The van der Waals surface area contributed by atoms with E-state index in [1.54, 1.807) is 6.07 Å². The average Bonchev–Trinajstić information content (AvgIpc) is 2.63. The van der Waals surface area contributed by atoms with Crippen molar-refractivity contribution in [3.63, 3.8) is 0 Å². The minimum absolute atomic E-state index is 0.0248. The lowest BCUT2D eigenvalue weighted by atomic mass is 10.1. The van der Waals surface area contributed by atoms with Crippen LogP contribution in [0.25, 0.3) is 0 Å². The topological polar surface area (TPSA) is 41.6 Å². The summed E-state index contributed by atoms with van der Waals surface area (Å²) >= 11 is 5.64. The second-order valence-electron chi connectivity index (χ2n) is 3.67. The molecule has 5 heteroatoms. The number of guanidine groups is 1. The van der Waals surface area contributed by atoms with Crippen molar-refractivity contribution in [3.8, 4) is 0 Å². The van der Waals surface area contributed by atoms with Crippen molar-refractivity contribution >= 4 is 17.6 Å². The van der Waals surface area contributed by atoms with Crippen LogP contribution in [-0.2, 0) is 0 Å². The van der Waals surface area contributed by atoms with Crippen molar-refractivity contribution in [1.82, 2.24) is 4.90 Å². The predicted octanol–water partition coefficient (Wildman–Crippen LogP) is 2.17. The molecule has 3 nitrogen and oxygen atoms in total. The number of aliphatic imine (C=N–C) groups is 1. The largest absolute Gasteiger partial charge is 0.370 e. The summed E-state index contributed by atoms with van der Waals surface area (Å²) in [6.07, 6.45) is 0. The van der Waals surface area contributed by atoms with Crippen LogP contribution in [-0.4, -0.2) is 23.9 Å². The summed E-state index contributed by atoms with van der Waals surface area (Å²) in [5.74, 6) is 0.114. The van der Waals surface area contributed by atoms with Gasteiger partial charge in [-0.1, -0.05) is 17.7 Å². The molecule has 0 bridgehead atoms. The molecule has 2 rings (SSSR count). The second-order valence-corrected chi connectivity index (χ2v) is 4.08. The lowest BCUT2D eigenvalue weighted by molar-refractivity contribution is 0.363. The van der Waals surface area contributed by atoms with Gasteiger partial charge in [-0.25, -0.2) is 4.39 Å². The molecule has 1 heterocycles. The average molecular weight is 242 g/mol. The van der Waals surface area contributed by atoms with Gasteiger partial charge in [0.1, 0.15) is 5.82 Å².